The smallest absolute Gasteiger partial charge is 0.343 e. The Morgan fingerprint density at radius 2 is 1.90 bits per heavy atom. The summed E-state index contributed by atoms with van der Waals surface area (Å²) in [5.41, 5.74) is 1.56. The number of esters is 1. The van der Waals surface area contributed by atoms with Gasteiger partial charge in [-0.2, -0.15) is 0 Å². The minimum absolute atomic E-state index is 0.145. The van der Waals surface area contributed by atoms with Crippen molar-refractivity contribution in [1.29, 1.82) is 0 Å². The molecule has 0 aliphatic carbocycles. The van der Waals surface area contributed by atoms with E-state index >= 15 is 0 Å². The van der Waals surface area contributed by atoms with E-state index in [2.05, 4.69) is 5.32 Å². The highest BCUT2D eigenvalue weighted by molar-refractivity contribution is 6.02. The van der Waals surface area contributed by atoms with Crippen molar-refractivity contribution in [2.45, 2.75) is 12.5 Å². The van der Waals surface area contributed by atoms with Crippen LogP contribution in [0.25, 0.3) is 0 Å². The van der Waals surface area contributed by atoms with E-state index in [1.807, 2.05) is 12.1 Å². The van der Waals surface area contributed by atoms with Crippen LogP contribution < -0.4 is 29.0 Å². The fourth-order valence-corrected chi connectivity index (χ4v) is 3.55. The molecule has 1 atom stereocenters. The maximum absolute atomic E-state index is 12.7. The third-order valence-electron chi connectivity index (χ3n) is 4.96. The van der Waals surface area contributed by atoms with E-state index in [0.717, 1.165) is 5.56 Å². The van der Waals surface area contributed by atoms with E-state index in [1.54, 1.807) is 19.2 Å². The lowest BCUT2D eigenvalue weighted by Crippen LogP contribution is -2.31. The molecule has 0 spiro atoms. The van der Waals surface area contributed by atoms with E-state index in [4.69, 9.17) is 28.4 Å². The van der Waals surface area contributed by atoms with Gasteiger partial charge in [-0.15, -0.1) is 0 Å². The van der Waals surface area contributed by atoms with Crippen LogP contribution in [0.2, 0.25) is 0 Å². The molecule has 1 N–H and O–H groups in total. The molecule has 30 heavy (non-hydrogen) atoms. The van der Waals surface area contributed by atoms with Crippen molar-refractivity contribution in [2.24, 2.45) is 0 Å². The average Bonchev–Trinajstić information content (AvgIpc) is 3.36. The monoisotopic (exact) mass is 415 g/mol. The molecule has 9 nitrogen and oxygen atoms in total. The summed E-state index contributed by atoms with van der Waals surface area (Å²) in [7, 11) is 4.45. The summed E-state index contributed by atoms with van der Waals surface area (Å²) in [6, 6.07) is 6.95. The van der Waals surface area contributed by atoms with Crippen LogP contribution in [-0.4, -0.2) is 46.5 Å². The highest BCUT2D eigenvalue weighted by Gasteiger charge is 2.39. The van der Waals surface area contributed by atoms with E-state index in [9.17, 15) is 9.59 Å². The lowest BCUT2D eigenvalue weighted by Gasteiger charge is -2.13. The van der Waals surface area contributed by atoms with Crippen LogP contribution in [0, 0.1) is 0 Å². The predicted molar refractivity (Wildman–Crippen MR) is 104 cm³/mol. The summed E-state index contributed by atoms with van der Waals surface area (Å²) in [6.07, 6.45) is -0.517. The first-order valence-electron chi connectivity index (χ1n) is 9.27. The number of cyclic esters (lactones) is 1. The third kappa shape index (κ3) is 3.32. The first-order chi connectivity index (χ1) is 14.6. The van der Waals surface area contributed by atoms with Crippen molar-refractivity contribution >= 4 is 11.9 Å². The molecule has 2 aliphatic rings. The molecule has 0 bridgehead atoms. The van der Waals surface area contributed by atoms with Crippen LogP contribution in [0.4, 0.5) is 0 Å². The van der Waals surface area contributed by atoms with E-state index < -0.39 is 18.0 Å². The van der Waals surface area contributed by atoms with Crippen molar-refractivity contribution in [3.05, 3.63) is 41.0 Å². The van der Waals surface area contributed by atoms with Gasteiger partial charge in [0.25, 0.3) is 5.91 Å². The van der Waals surface area contributed by atoms with Crippen molar-refractivity contribution in [2.75, 3.05) is 34.7 Å². The van der Waals surface area contributed by atoms with Gasteiger partial charge in [-0.05, 0) is 36.2 Å². The predicted octanol–water partition coefficient (Wildman–Crippen LogP) is 2.01. The Balaban J connectivity index is 1.45. The third-order valence-corrected chi connectivity index (χ3v) is 4.96. The number of amides is 1. The van der Waals surface area contributed by atoms with Gasteiger partial charge in [0.1, 0.15) is 5.56 Å². The number of rotatable bonds is 7. The van der Waals surface area contributed by atoms with Gasteiger partial charge in [0, 0.05) is 12.1 Å². The Morgan fingerprint density at radius 3 is 2.63 bits per heavy atom. The number of methoxy groups -OCH3 is 3. The zero-order chi connectivity index (χ0) is 21.3. The maximum atomic E-state index is 12.7. The molecule has 2 heterocycles. The lowest BCUT2D eigenvalue weighted by molar-refractivity contribution is -0.129. The largest absolute Gasteiger partial charge is 0.493 e. The fraction of sp³-hybridized carbons (Fsp3) is 0.333. The molecule has 2 aliphatic heterocycles. The van der Waals surface area contributed by atoms with Gasteiger partial charge >= 0.3 is 5.97 Å². The molecule has 0 saturated heterocycles. The highest BCUT2D eigenvalue weighted by Crippen LogP contribution is 2.43. The summed E-state index contributed by atoms with van der Waals surface area (Å²) >= 11 is 0. The number of carbonyl (C=O) groups is 2. The first-order valence-corrected chi connectivity index (χ1v) is 9.27. The number of hydrogen-bond acceptors (Lipinski definition) is 8. The summed E-state index contributed by atoms with van der Waals surface area (Å²) in [5.74, 6) is 1.36. The summed E-state index contributed by atoms with van der Waals surface area (Å²) in [6.45, 7) is 0.477. The quantitative estimate of drug-likeness (QED) is 0.686. The molecule has 0 fully saturated rings. The minimum Gasteiger partial charge on any atom is -0.493 e. The van der Waals surface area contributed by atoms with Crippen LogP contribution in [0.5, 0.6) is 28.7 Å². The second-order valence-corrected chi connectivity index (χ2v) is 6.62. The summed E-state index contributed by atoms with van der Waals surface area (Å²) in [4.78, 5) is 25.0. The van der Waals surface area contributed by atoms with Gasteiger partial charge in [-0.1, -0.05) is 0 Å². The molecular weight excluding hydrogens is 394 g/mol. The topological polar surface area (TPSA) is 102 Å². The minimum atomic E-state index is -1.04. The normalized spacial score (nSPS) is 16.0. The zero-order valence-electron chi connectivity index (χ0n) is 16.8. The molecule has 0 radical (unpaired) electrons. The summed E-state index contributed by atoms with van der Waals surface area (Å²) in [5, 5.41) is 2.80. The Hall–Kier alpha value is -3.62. The van der Waals surface area contributed by atoms with Crippen LogP contribution in [0.1, 0.15) is 27.6 Å². The van der Waals surface area contributed by atoms with Crippen molar-refractivity contribution in [3.8, 4) is 28.7 Å². The number of carbonyl (C=O) groups excluding carboxylic acids is 2. The first kappa shape index (κ1) is 19.7. The number of nitrogens with one attached hydrogen (secondary N) is 1. The van der Waals surface area contributed by atoms with Crippen LogP contribution >= 0.6 is 0 Å². The molecule has 0 saturated carbocycles. The lowest BCUT2D eigenvalue weighted by atomic mass is 10.0. The highest BCUT2D eigenvalue weighted by atomic mass is 16.7. The SMILES string of the molecule is COc1cc(CCNC(=O)C2OC(=O)c3c2ccc(OC)c3OC)cc2c1OCO2. The van der Waals surface area contributed by atoms with E-state index in [1.165, 1.54) is 14.2 Å². The number of ether oxygens (including phenoxy) is 6. The molecule has 9 heteroatoms. The molecule has 158 valence electrons. The van der Waals surface area contributed by atoms with Gasteiger partial charge in [-0.25, -0.2) is 4.79 Å². The van der Waals surface area contributed by atoms with Crippen LogP contribution in [0.15, 0.2) is 24.3 Å². The van der Waals surface area contributed by atoms with Gasteiger partial charge < -0.3 is 33.7 Å². The Bertz CT molecular complexity index is 1000. The molecule has 1 unspecified atom stereocenters. The molecule has 2 aromatic rings. The van der Waals surface area contributed by atoms with Crippen molar-refractivity contribution in [3.63, 3.8) is 0 Å². The zero-order valence-corrected chi connectivity index (χ0v) is 16.8. The van der Waals surface area contributed by atoms with E-state index in [-0.39, 0.29) is 18.1 Å². The maximum Gasteiger partial charge on any atom is 0.343 e. The van der Waals surface area contributed by atoms with Crippen molar-refractivity contribution < 1.29 is 38.0 Å². The van der Waals surface area contributed by atoms with Crippen molar-refractivity contribution in [1.82, 2.24) is 5.32 Å². The van der Waals surface area contributed by atoms with Gasteiger partial charge in [0.05, 0.1) is 21.3 Å². The number of fused-ring (bicyclic) bond motifs is 2. The summed E-state index contributed by atoms with van der Waals surface area (Å²) < 4.78 is 31.9. The Labute approximate surface area is 172 Å². The second-order valence-electron chi connectivity index (χ2n) is 6.62. The number of hydrogen-bond donors (Lipinski definition) is 1. The average molecular weight is 415 g/mol. The fourth-order valence-electron chi connectivity index (χ4n) is 3.55. The standard InChI is InChI=1S/C21H21NO8/c1-25-13-5-4-12-16(19(13)27-3)21(24)30-17(12)20(23)22-7-6-11-8-14(26-2)18-15(9-11)28-10-29-18/h4-5,8-9,17H,6-7,10H2,1-3H3,(H,22,23). The molecule has 4 rings (SSSR count). The molecular formula is C21H21NO8. The Kier molecular flexibility index (Phi) is 5.26. The molecule has 0 aromatic heterocycles. The number of benzene rings is 2. The van der Waals surface area contributed by atoms with E-state index in [0.29, 0.717) is 41.5 Å². The second kappa shape index (κ2) is 8.02. The molecule has 2 aromatic carbocycles. The van der Waals surface area contributed by atoms with Gasteiger partial charge in [0.15, 0.2) is 23.0 Å². The Morgan fingerprint density at radius 1 is 1.10 bits per heavy atom. The van der Waals surface area contributed by atoms with Crippen LogP contribution in [-0.2, 0) is 16.0 Å². The molecule has 1 amide bonds. The van der Waals surface area contributed by atoms with Crippen LogP contribution in [0.3, 0.4) is 0 Å². The van der Waals surface area contributed by atoms with Gasteiger partial charge in [-0.3, -0.25) is 4.79 Å². The van der Waals surface area contributed by atoms with Gasteiger partial charge in [0.2, 0.25) is 18.6 Å².